The van der Waals surface area contributed by atoms with Crippen LogP contribution in [0, 0.1) is 5.41 Å². The maximum absolute atomic E-state index is 12.6. The highest BCUT2D eigenvalue weighted by atomic mass is 127. The van der Waals surface area contributed by atoms with Crippen molar-refractivity contribution in [2.45, 2.75) is 51.4 Å². The van der Waals surface area contributed by atoms with Gasteiger partial charge in [-0.1, -0.05) is 19.3 Å². The highest BCUT2D eigenvalue weighted by molar-refractivity contribution is 14.0. The van der Waals surface area contributed by atoms with E-state index in [1.54, 1.807) is 11.9 Å². The van der Waals surface area contributed by atoms with Gasteiger partial charge in [-0.25, -0.2) is 0 Å². The zero-order valence-electron chi connectivity index (χ0n) is 16.6. The number of carbonyl (C=O) groups excluding carboxylic acids is 2. The summed E-state index contributed by atoms with van der Waals surface area (Å²) in [6.07, 6.45) is 7.30. The van der Waals surface area contributed by atoms with Gasteiger partial charge >= 0.3 is 5.97 Å². The van der Waals surface area contributed by atoms with Crippen molar-refractivity contribution in [1.29, 1.82) is 0 Å². The number of guanidine groups is 1. The number of aliphatic imine (C=N–C) groups is 1. The summed E-state index contributed by atoms with van der Waals surface area (Å²) in [5.41, 5.74) is -0.304. The maximum Gasteiger partial charge on any atom is 0.305 e. The van der Waals surface area contributed by atoms with E-state index in [4.69, 9.17) is 0 Å². The molecule has 0 saturated heterocycles. The maximum atomic E-state index is 12.6. The van der Waals surface area contributed by atoms with E-state index in [1.807, 2.05) is 14.1 Å². The van der Waals surface area contributed by atoms with Gasteiger partial charge in [0.15, 0.2) is 5.96 Å². The number of nitrogens with one attached hydrogen (secondary N) is 2. The number of halogens is 1. The third-order valence-electron chi connectivity index (χ3n) is 4.82. The SMILES string of the molecule is CN=C(NCCCCCC(=O)OC)NCC1(C(=O)N(C)C)CCCC1.I. The molecule has 0 heterocycles. The first-order valence-corrected chi connectivity index (χ1v) is 9.18. The molecule has 0 aromatic carbocycles. The van der Waals surface area contributed by atoms with Gasteiger partial charge in [0.1, 0.15) is 0 Å². The molecule has 8 heteroatoms. The lowest BCUT2D eigenvalue weighted by Gasteiger charge is -2.31. The van der Waals surface area contributed by atoms with E-state index >= 15 is 0 Å². The Morgan fingerprint density at radius 2 is 1.77 bits per heavy atom. The fraction of sp³-hybridized carbons (Fsp3) is 0.833. The van der Waals surface area contributed by atoms with Gasteiger partial charge < -0.3 is 20.3 Å². The minimum absolute atomic E-state index is 0. The van der Waals surface area contributed by atoms with Crippen molar-refractivity contribution in [3.8, 4) is 0 Å². The molecule has 0 aromatic rings. The predicted octanol–water partition coefficient (Wildman–Crippen LogP) is 2.15. The van der Waals surface area contributed by atoms with Crippen LogP contribution in [0.15, 0.2) is 4.99 Å². The van der Waals surface area contributed by atoms with Gasteiger partial charge in [0, 0.05) is 40.7 Å². The Labute approximate surface area is 174 Å². The number of hydrogen-bond donors (Lipinski definition) is 2. The highest BCUT2D eigenvalue weighted by Gasteiger charge is 2.42. The molecule has 1 aliphatic rings. The molecule has 1 fully saturated rings. The molecule has 0 spiro atoms. The molecule has 1 saturated carbocycles. The Bertz CT molecular complexity index is 463. The molecule has 0 unspecified atom stereocenters. The molecule has 152 valence electrons. The van der Waals surface area contributed by atoms with Gasteiger partial charge in [0.25, 0.3) is 0 Å². The van der Waals surface area contributed by atoms with Gasteiger partial charge in [0.2, 0.25) is 5.91 Å². The third-order valence-corrected chi connectivity index (χ3v) is 4.82. The fourth-order valence-electron chi connectivity index (χ4n) is 3.35. The summed E-state index contributed by atoms with van der Waals surface area (Å²) in [5.74, 6) is 0.777. The summed E-state index contributed by atoms with van der Waals surface area (Å²) < 4.78 is 4.62. The van der Waals surface area contributed by atoms with Crippen molar-refractivity contribution in [2.24, 2.45) is 10.4 Å². The van der Waals surface area contributed by atoms with Crippen molar-refractivity contribution >= 4 is 41.8 Å². The zero-order valence-corrected chi connectivity index (χ0v) is 18.9. The first kappa shape index (κ1) is 24.9. The molecule has 26 heavy (non-hydrogen) atoms. The minimum Gasteiger partial charge on any atom is -0.469 e. The van der Waals surface area contributed by atoms with E-state index in [0.29, 0.717) is 13.0 Å². The lowest BCUT2D eigenvalue weighted by atomic mass is 9.84. The fourth-order valence-corrected chi connectivity index (χ4v) is 3.35. The number of amides is 1. The van der Waals surface area contributed by atoms with Gasteiger partial charge in [0.05, 0.1) is 12.5 Å². The average molecular weight is 482 g/mol. The van der Waals surface area contributed by atoms with Gasteiger partial charge in [-0.3, -0.25) is 14.6 Å². The number of unbranched alkanes of at least 4 members (excludes halogenated alkanes) is 2. The number of carbonyl (C=O) groups is 2. The standard InChI is InChI=1S/C18H34N4O3.HI/c1-19-17(20-13-9-5-6-10-15(23)25-4)21-14-18(11-7-8-12-18)16(24)22(2)3;/h5-14H2,1-4H3,(H2,19,20,21);1H. The van der Waals surface area contributed by atoms with Crippen LogP contribution in [0.25, 0.3) is 0 Å². The van der Waals surface area contributed by atoms with Crippen LogP contribution in [0.2, 0.25) is 0 Å². The molecule has 0 aliphatic heterocycles. The predicted molar refractivity (Wildman–Crippen MR) is 115 cm³/mol. The molecular weight excluding hydrogens is 447 g/mol. The summed E-state index contributed by atoms with van der Waals surface area (Å²) in [6.45, 7) is 1.40. The van der Waals surface area contributed by atoms with Gasteiger partial charge in [-0.05, 0) is 25.7 Å². The summed E-state index contributed by atoms with van der Waals surface area (Å²) >= 11 is 0. The number of methoxy groups -OCH3 is 1. The van der Waals surface area contributed by atoms with Crippen LogP contribution in [-0.2, 0) is 14.3 Å². The summed E-state index contributed by atoms with van der Waals surface area (Å²) in [5, 5.41) is 6.60. The monoisotopic (exact) mass is 482 g/mol. The van der Waals surface area contributed by atoms with Crippen molar-refractivity contribution < 1.29 is 14.3 Å². The van der Waals surface area contributed by atoms with Crippen LogP contribution in [0.1, 0.15) is 51.4 Å². The second-order valence-corrected chi connectivity index (χ2v) is 6.93. The van der Waals surface area contributed by atoms with E-state index in [0.717, 1.165) is 57.5 Å². The Hall–Kier alpha value is -1.06. The van der Waals surface area contributed by atoms with Gasteiger partial charge in [-0.15, -0.1) is 24.0 Å². The first-order valence-electron chi connectivity index (χ1n) is 9.18. The van der Waals surface area contributed by atoms with Crippen LogP contribution in [0.3, 0.4) is 0 Å². The van der Waals surface area contributed by atoms with Crippen LogP contribution >= 0.6 is 24.0 Å². The lowest BCUT2D eigenvalue weighted by molar-refractivity contribution is -0.141. The number of ether oxygens (including phenoxy) is 1. The molecular formula is C18H35IN4O3. The molecule has 0 atom stereocenters. The molecule has 7 nitrogen and oxygen atoms in total. The van der Waals surface area contributed by atoms with Crippen LogP contribution in [0.4, 0.5) is 0 Å². The van der Waals surface area contributed by atoms with E-state index in [1.165, 1.54) is 7.11 Å². The number of nitrogens with zero attached hydrogens (tertiary/aromatic N) is 2. The van der Waals surface area contributed by atoms with Crippen molar-refractivity contribution in [3.63, 3.8) is 0 Å². The molecule has 0 bridgehead atoms. The van der Waals surface area contributed by atoms with E-state index in [-0.39, 0.29) is 41.3 Å². The zero-order chi connectivity index (χ0) is 18.7. The Balaban J connectivity index is 0.00000625. The van der Waals surface area contributed by atoms with E-state index < -0.39 is 0 Å². The number of esters is 1. The van der Waals surface area contributed by atoms with Gasteiger partial charge in [-0.2, -0.15) is 0 Å². The molecule has 0 aromatic heterocycles. The summed E-state index contributed by atoms with van der Waals surface area (Å²) in [7, 11) is 6.80. The van der Waals surface area contributed by atoms with Crippen molar-refractivity contribution in [3.05, 3.63) is 0 Å². The average Bonchev–Trinajstić information content (AvgIpc) is 3.09. The normalized spacial score (nSPS) is 15.8. The third kappa shape index (κ3) is 8.09. The molecule has 2 N–H and O–H groups in total. The summed E-state index contributed by atoms with van der Waals surface area (Å²) in [6, 6.07) is 0. The Kier molecular flexibility index (Phi) is 12.6. The van der Waals surface area contributed by atoms with Crippen LogP contribution in [0.5, 0.6) is 0 Å². The second-order valence-electron chi connectivity index (χ2n) is 6.93. The Morgan fingerprint density at radius 3 is 2.31 bits per heavy atom. The Morgan fingerprint density at radius 1 is 1.12 bits per heavy atom. The van der Waals surface area contributed by atoms with Crippen LogP contribution in [-0.4, -0.2) is 64.1 Å². The number of rotatable bonds is 9. The van der Waals surface area contributed by atoms with Crippen molar-refractivity contribution in [2.75, 3.05) is 41.3 Å². The molecule has 1 rings (SSSR count). The summed E-state index contributed by atoms with van der Waals surface area (Å²) in [4.78, 5) is 29.6. The minimum atomic E-state index is -0.304. The van der Waals surface area contributed by atoms with E-state index in [9.17, 15) is 9.59 Å². The molecule has 1 amide bonds. The second kappa shape index (κ2) is 13.2. The largest absolute Gasteiger partial charge is 0.469 e. The first-order chi connectivity index (χ1) is 11.9. The van der Waals surface area contributed by atoms with Crippen molar-refractivity contribution in [1.82, 2.24) is 15.5 Å². The topological polar surface area (TPSA) is 83.0 Å². The molecule has 0 radical (unpaired) electrons. The highest BCUT2D eigenvalue weighted by Crippen LogP contribution is 2.38. The smallest absolute Gasteiger partial charge is 0.305 e. The number of hydrogen-bond acceptors (Lipinski definition) is 4. The molecule has 1 aliphatic carbocycles. The lowest BCUT2D eigenvalue weighted by Crippen LogP contribution is -2.49. The van der Waals surface area contributed by atoms with Crippen LogP contribution < -0.4 is 10.6 Å². The van der Waals surface area contributed by atoms with E-state index in [2.05, 4.69) is 20.4 Å². The quantitative estimate of drug-likeness (QED) is 0.173.